The Kier molecular flexibility index (Phi) is 9.29. The molecule has 3 aliphatic heterocycles. The molecule has 3 aliphatic rings. The highest BCUT2D eigenvalue weighted by molar-refractivity contribution is 5.93. The number of nitrogens with zero attached hydrogens (tertiary/aromatic N) is 3. The lowest BCUT2D eigenvalue weighted by Crippen LogP contribution is -2.47. The van der Waals surface area contributed by atoms with Gasteiger partial charge in [0.1, 0.15) is 25.0 Å². The summed E-state index contributed by atoms with van der Waals surface area (Å²) in [6.45, 7) is 9.70. The minimum atomic E-state index is -0.201. The van der Waals surface area contributed by atoms with Crippen molar-refractivity contribution in [3.63, 3.8) is 0 Å². The normalized spacial score (nSPS) is 16.1. The summed E-state index contributed by atoms with van der Waals surface area (Å²) in [5.41, 5.74) is 6.52. The summed E-state index contributed by atoms with van der Waals surface area (Å²) >= 11 is 0. The van der Waals surface area contributed by atoms with Crippen LogP contribution in [0.25, 0.3) is 0 Å². The summed E-state index contributed by atoms with van der Waals surface area (Å²) in [5.74, 6) is 0.290. The average molecular weight is 554 g/mol. The van der Waals surface area contributed by atoms with E-state index in [2.05, 4.69) is 28.0 Å². The molecule has 8 nitrogen and oxygen atoms in total. The van der Waals surface area contributed by atoms with Gasteiger partial charge in [0.25, 0.3) is 0 Å². The molecule has 1 fully saturated rings. The molecule has 0 amide bonds. The van der Waals surface area contributed by atoms with E-state index in [1.54, 1.807) is 6.07 Å². The monoisotopic (exact) mass is 553 g/mol. The molecule has 8 heteroatoms. The first-order valence-corrected chi connectivity index (χ1v) is 14.2. The Hall–Kier alpha value is -4.19. The third-order valence-electron chi connectivity index (χ3n) is 7.71. The predicted molar refractivity (Wildman–Crippen MR) is 154 cm³/mol. The van der Waals surface area contributed by atoms with E-state index in [0.29, 0.717) is 42.3 Å². The molecule has 3 heterocycles. The summed E-state index contributed by atoms with van der Waals surface area (Å²) in [4.78, 5) is 27.4. The van der Waals surface area contributed by atoms with Gasteiger partial charge in [-0.2, -0.15) is 5.26 Å². The highest BCUT2D eigenvalue weighted by Gasteiger charge is 2.22. The number of esters is 2. The van der Waals surface area contributed by atoms with Crippen LogP contribution >= 0.6 is 0 Å². The zero-order valence-electron chi connectivity index (χ0n) is 23.4. The van der Waals surface area contributed by atoms with E-state index >= 15 is 0 Å². The Bertz CT molecular complexity index is 1440. The molecule has 1 saturated heterocycles. The summed E-state index contributed by atoms with van der Waals surface area (Å²) in [7, 11) is 0. The molecular weight excluding hydrogens is 518 g/mol. The largest absolute Gasteiger partial charge is 0.492 e. The molecule has 0 N–H and O–H groups in total. The Labute approximate surface area is 241 Å². The Morgan fingerprint density at radius 3 is 2.00 bits per heavy atom. The molecule has 0 spiro atoms. The second-order valence-corrected chi connectivity index (χ2v) is 10.4. The van der Waals surface area contributed by atoms with Crippen molar-refractivity contribution in [1.29, 1.82) is 5.26 Å². The molecule has 3 aromatic carbocycles. The highest BCUT2D eigenvalue weighted by Crippen LogP contribution is 2.22. The third-order valence-corrected chi connectivity index (χ3v) is 7.71. The van der Waals surface area contributed by atoms with Crippen LogP contribution in [0.3, 0.4) is 0 Å². The van der Waals surface area contributed by atoms with Gasteiger partial charge in [-0.15, -0.1) is 0 Å². The fraction of sp³-hybridized carbons (Fsp3) is 0.364. The predicted octanol–water partition coefficient (Wildman–Crippen LogP) is 4.39. The van der Waals surface area contributed by atoms with Gasteiger partial charge in [-0.05, 0) is 55.2 Å². The fourth-order valence-electron chi connectivity index (χ4n) is 5.31. The topological polar surface area (TPSA) is 92.1 Å². The minimum Gasteiger partial charge on any atom is -0.492 e. The van der Waals surface area contributed by atoms with Crippen molar-refractivity contribution in [3.8, 4) is 11.8 Å². The highest BCUT2D eigenvalue weighted by atomic mass is 16.5. The van der Waals surface area contributed by atoms with E-state index in [0.717, 1.165) is 63.2 Å². The maximum atomic E-state index is 11.6. The van der Waals surface area contributed by atoms with Gasteiger partial charge in [-0.25, -0.2) is 9.59 Å². The van der Waals surface area contributed by atoms with Crippen LogP contribution < -0.4 is 4.74 Å². The fourth-order valence-corrected chi connectivity index (χ4v) is 5.31. The summed E-state index contributed by atoms with van der Waals surface area (Å²) in [5, 5.41) is 9.20. The van der Waals surface area contributed by atoms with Gasteiger partial charge in [0.05, 0.1) is 23.3 Å². The second kappa shape index (κ2) is 13.4. The van der Waals surface area contributed by atoms with Crippen LogP contribution in [0.4, 0.5) is 0 Å². The van der Waals surface area contributed by atoms with Crippen molar-refractivity contribution >= 4 is 11.9 Å². The number of carbonyl (C=O) groups excluding carboxylic acids is 2. The van der Waals surface area contributed by atoms with Crippen LogP contribution in [0, 0.1) is 11.3 Å². The molecule has 41 heavy (non-hydrogen) atoms. The van der Waals surface area contributed by atoms with Crippen molar-refractivity contribution in [2.75, 3.05) is 45.9 Å². The van der Waals surface area contributed by atoms with E-state index in [9.17, 15) is 14.9 Å². The van der Waals surface area contributed by atoms with Gasteiger partial charge in [-0.3, -0.25) is 0 Å². The maximum absolute atomic E-state index is 11.6. The van der Waals surface area contributed by atoms with Crippen LogP contribution in [0.1, 0.15) is 55.5 Å². The van der Waals surface area contributed by atoms with Gasteiger partial charge in [-0.1, -0.05) is 36.4 Å². The number of fused-ring (bicyclic) bond motifs is 2. The van der Waals surface area contributed by atoms with Gasteiger partial charge < -0.3 is 24.0 Å². The van der Waals surface area contributed by atoms with Crippen LogP contribution in [0.2, 0.25) is 0 Å². The summed E-state index contributed by atoms with van der Waals surface area (Å²) < 4.78 is 15.5. The van der Waals surface area contributed by atoms with Crippen molar-refractivity contribution in [3.05, 3.63) is 99.6 Å². The molecule has 0 radical (unpaired) electrons. The quantitative estimate of drug-likeness (QED) is 0.380. The number of rotatable bonds is 8. The Morgan fingerprint density at radius 1 is 0.780 bits per heavy atom. The Morgan fingerprint density at radius 2 is 1.37 bits per heavy atom. The lowest BCUT2D eigenvalue weighted by atomic mass is 10.0. The first kappa shape index (κ1) is 28.3. The van der Waals surface area contributed by atoms with Gasteiger partial charge in [0, 0.05) is 50.4 Å². The minimum absolute atomic E-state index is 0.199. The SMILES string of the molecule is CCOc1cc(CCN2CCN(CCc3ccc4c(c3)COC4=O)CC2)ccc1C#N.O=C1OCc2ccccc21. The number of benzene rings is 3. The number of cyclic esters (lactones) is 2. The van der Waals surface area contributed by atoms with E-state index in [-0.39, 0.29) is 11.9 Å². The number of nitriles is 1. The standard InChI is InChI=1S/C25H29N3O3.C8H6O2/c1-2-30-24-16-20(3-5-21(24)17-26)8-10-28-13-11-27(12-14-28)9-7-19-4-6-23-22(15-19)18-31-25(23)29;9-8-7-4-2-1-3-6(7)5-10-8/h3-6,15-16H,2,7-14,18H2,1H3;1-4H,5H2. The summed E-state index contributed by atoms with van der Waals surface area (Å²) in [6.07, 6.45) is 1.95. The Balaban J connectivity index is 0.000000282. The van der Waals surface area contributed by atoms with Crippen molar-refractivity contribution < 1.29 is 23.8 Å². The molecule has 212 valence electrons. The van der Waals surface area contributed by atoms with Crippen molar-refractivity contribution in [2.24, 2.45) is 0 Å². The van der Waals surface area contributed by atoms with E-state index < -0.39 is 0 Å². The van der Waals surface area contributed by atoms with E-state index in [1.165, 1.54) is 11.1 Å². The lowest BCUT2D eigenvalue weighted by Gasteiger charge is -2.34. The summed E-state index contributed by atoms with van der Waals surface area (Å²) in [6, 6.07) is 21.6. The van der Waals surface area contributed by atoms with E-state index in [4.69, 9.17) is 14.2 Å². The number of hydrogen-bond acceptors (Lipinski definition) is 8. The zero-order chi connectivity index (χ0) is 28.6. The van der Waals surface area contributed by atoms with Gasteiger partial charge in [0.15, 0.2) is 0 Å². The number of hydrogen-bond donors (Lipinski definition) is 0. The molecular formula is C33H35N3O5. The smallest absolute Gasteiger partial charge is 0.338 e. The first-order chi connectivity index (χ1) is 20.0. The molecule has 0 saturated carbocycles. The van der Waals surface area contributed by atoms with Crippen LogP contribution in [0.15, 0.2) is 60.7 Å². The van der Waals surface area contributed by atoms with Crippen LogP contribution in [-0.2, 0) is 35.5 Å². The average Bonchev–Trinajstić information content (AvgIpc) is 3.58. The molecule has 6 rings (SSSR count). The van der Waals surface area contributed by atoms with Crippen molar-refractivity contribution in [2.45, 2.75) is 33.0 Å². The first-order valence-electron chi connectivity index (χ1n) is 14.2. The van der Waals surface area contributed by atoms with Crippen molar-refractivity contribution in [1.82, 2.24) is 9.80 Å². The molecule has 0 aliphatic carbocycles. The van der Waals surface area contributed by atoms with Crippen LogP contribution in [0.5, 0.6) is 5.75 Å². The van der Waals surface area contributed by atoms with Gasteiger partial charge >= 0.3 is 11.9 Å². The third kappa shape index (κ3) is 7.12. The molecule has 0 bridgehead atoms. The van der Waals surface area contributed by atoms with Crippen LogP contribution in [-0.4, -0.2) is 67.6 Å². The molecule has 0 atom stereocenters. The lowest BCUT2D eigenvalue weighted by molar-refractivity contribution is 0.0526. The number of carbonyl (C=O) groups is 2. The maximum Gasteiger partial charge on any atom is 0.338 e. The molecule has 3 aromatic rings. The zero-order valence-corrected chi connectivity index (χ0v) is 23.4. The van der Waals surface area contributed by atoms with Gasteiger partial charge in [0.2, 0.25) is 0 Å². The number of ether oxygens (including phenoxy) is 3. The second-order valence-electron chi connectivity index (χ2n) is 10.4. The van der Waals surface area contributed by atoms with E-state index in [1.807, 2.05) is 49.4 Å². The molecule has 0 aromatic heterocycles. The molecule has 0 unspecified atom stereocenters. The number of piperazine rings is 1.